The van der Waals surface area contributed by atoms with Gasteiger partial charge in [-0.2, -0.15) is 4.98 Å². The van der Waals surface area contributed by atoms with E-state index in [-0.39, 0.29) is 6.04 Å². The fraction of sp³-hybridized carbons (Fsp3) is 0.429. The highest BCUT2D eigenvalue weighted by atomic mass is 16.5. The Morgan fingerprint density at radius 2 is 1.85 bits per heavy atom. The second-order valence-electron chi connectivity index (χ2n) is 5.11. The van der Waals surface area contributed by atoms with Crippen molar-refractivity contribution in [2.75, 3.05) is 38.1 Å². The first-order valence-corrected chi connectivity index (χ1v) is 6.81. The van der Waals surface area contributed by atoms with Crippen LogP contribution in [0.1, 0.15) is 17.5 Å². The van der Waals surface area contributed by atoms with E-state index in [4.69, 9.17) is 10.3 Å². The molecule has 0 radical (unpaired) electrons. The van der Waals surface area contributed by atoms with Gasteiger partial charge in [-0.1, -0.05) is 30.3 Å². The molecule has 6 nitrogen and oxygen atoms in total. The van der Waals surface area contributed by atoms with E-state index < -0.39 is 0 Å². The van der Waals surface area contributed by atoms with Gasteiger partial charge in [-0.05, 0) is 17.8 Å². The van der Waals surface area contributed by atoms with Gasteiger partial charge in [0.2, 0.25) is 5.89 Å². The third-order valence-electron chi connectivity index (χ3n) is 3.64. The van der Waals surface area contributed by atoms with Gasteiger partial charge < -0.3 is 20.1 Å². The Morgan fingerprint density at radius 1 is 1.15 bits per heavy atom. The number of anilines is 1. The van der Waals surface area contributed by atoms with Gasteiger partial charge in [0.1, 0.15) is 6.04 Å². The van der Waals surface area contributed by atoms with Crippen molar-refractivity contribution < 1.29 is 4.52 Å². The smallest absolute Gasteiger partial charge is 0.266 e. The molecular weight excluding hydrogens is 254 g/mol. The average Bonchev–Trinajstić information content (AvgIpc) is 2.98. The second kappa shape index (κ2) is 5.60. The zero-order chi connectivity index (χ0) is 13.9. The van der Waals surface area contributed by atoms with Crippen LogP contribution >= 0.6 is 0 Å². The molecule has 2 N–H and O–H groups in total. The number of hydrogen-bond donors (Lipinski definition) is 1. The summed E-state index contributed by atoms with van der Waals surface area (Å²) in [6.07, 6.45) is 0. The molecule has 0 amide bonds. The summed E-state index contributed by atoms with van der Waals surface area (Å²) in [5.74, 6) is 1.10. The third-order valence-corrected chi connectivity index (χ3v) is 3.64. The van der Waals surface area contributed by atoms with Crippen LogP contribution in [0.2, 0.25) is 0 Å². The summed E-state index contributed by atoms with van der Waals surface area (Å²) < 4.78 is 5.32. The van der Waals surface area contributed by atoms with Crippen LogP contribution in [0.25, 0.3) is 0 Å². The molecule has 1 fully saturated rings. The van der Waals surface area contributed by atoms with E-state index in [0.717, 1.165) is 31.7 Å². The molecule has 0 saturated carbocycles. The summed E-state index contributed by atoms with van der Waals surface area (Å²) in [5, 5.41) is 4.05. The van der Waals surface area contributed by atoms with Crippen LogP contribution in [0.3, 0.4) is 0 Å². The highest BCUT2D eigenvalue weighted by Gasteiger charge is 2.22. The van der Waals surface area contributed by atoms with Crippen molar-refractivity contribution in [2.45, 2.75) is 6.04 Å². The molecule has 1 saturated heterocycles. The first kappa shape index (κ1) is 13.1. The predicted molar refractivity (Wildman–Crippen MR) is 76.5 cm³/mol. The van der Waals surface area contributed by atoms with E-state index >= 15 is 0 Å². The lowest BCUT2D eigenvalue weighted by Crippen LogP contribution is -2.44. The molecule has 106 valence electrons. The minimum atomic E-state index is -0.370. The van der Waals surface area contributed by atoms with Crippen molar-refractivity contribution in [2.24, 2.45) is 5.73 Å². The van der Waals surface area contributed by atoms with Crippen molar-refractivity contribution in [3.8, 4) is 0 Å². The molecule has 3 rings (SSSR count). The first-order chi connectivity index (χ1) is 9.74. The lowest BCUT2D eigenvalue weighted by molar-refractivity contribution is 0.308. The highest BCUT2D eigenvalue weighted by molar-refractivity contribution is 5.31. The normalized spacial score (nSPS) is 18.2. The Kier molecular flexibility index (Phi) is 3.66. The van der Waals surface area contributed by atoms with Gasteiger partial charge in [0.15, 0.2) is 0 Å². The van der Waals surface area contributed by atoms with Gasteiger partial charge in [-0.3, -0.25) is 0 Å². The standard InChI is InChI=1S/C14H19N5O/c1-18-7-9-19(10-8-18)14-16-13(20-17-14)12(15)11-5-3-2-4-6-11/h2-6,12H,7-10,15H2,1H3/t12-/m0/s1. The minimum absolute atomic E-state index is 0.370. The van der Waals surface area contributed by atoms with Gasteiger partial charge >= 0.3 is 0 Å². The number of hydrogen-bond acceptors (Lipinski definition) is 6. The number of piperazine rings is 1. The molecule has 2 heterocycles. The maximum atomic E-state index is 6.16. The van der Waals surface area contributed by atoms with Gasteiger partial charge in [0.05, 0.1) is 0 Å². The van der Waals surface area contributed by atoms with Crippen molar-refractivity contribution >= 4 is 5.95 Å². The maximum absolute atomic E-state index is 6.16. The number of aromatic nitrogens is 2. The molecule has 0 aliphatic carbocycles. The molecule has 2 aromatic rings. The Bertz CT molecular complexity index is 548. The van der Waals surface area contributed by atoms with E-state index in [2.05, 4.69) is 27.0 Å². The number of benzene rings is 1. The van der Waals surface area contributed by atoms with Crippen LogP contribution in [-0.4, -0.2) is 48.3 Å². The van der Waals surface area contributed by atoms with Crippen molar-refractivity contribution in [1.82, 2.24) is 15.0 Å². The van der Waals surface area contributed by atoms with E-state index in [1.807, 2.05) is 30.3 Å². The van der Waals surface area contributed by atoms with Crippen molar-refractivity contribution in [3.63, 3.8) is 0 Å². The van der Waals surface area contributed by atoms with Gasteiger partial charge in [0, 0.05) is 26.2 Å². The molecule has 0 bridgehead atoms. The summed E-state index contributed by atoms with van der Waals surface area (Å²) in [6.45, 7) is 3.84. The molecule has 1 aliphatic heterocycles. The first-order valence-electron chi connectivity index (χ1n) is 6.81. The minimum Gasteiger partial charge on any atom is -0.336 e. The lowest BCUT2D eigenvalue weighted by Gasteiger charge is -2.31. The maximum Gasteiger partial charge on any atom is 0.266 e. The van der Waals surface area contributed by atoms with Crippen molar-refractivity contribution in [1.29, 1.82) is 0 Å². The number of nitrogens with zero attached hydrogens (tertiary/aromatic N) is 4. The molecular formula is C14H19N5O. The zero-order valence-electron chi connectivity index (χ0n) is 11.6. The number of rotatable bonds is 3. The fourth-order valence-electron chi connectivity index (χ4n) is 2.29. The topological polar surface area (TPSA) is 71.4 Å². The van der Waals surface area contributed by atoms with Crippen LogP contribution < -0.4 is 10.6 Å². The van der Waals surface area contributed by atoms with E-state index in [1.54, 1.807) is 0 Å². The van der Waals surface area contributed by atoms with Gasteiger partial charge in [-0.15, -0.1) is 0 Å². The lowest BCUT2D eigenvalue weighted by atomic mass is 10.1. The SMILES string of the molecule is CN1CCN(c2noc([C@@H](N)c3ccccc3)n2)CC1. The molecule has 6 heteroatoms. The van der Waals surface area contributed by atoms with E-state index in [0.29, 0.717) is 11.8 Å². The zero-order valence-corrected chi connectivity index (χ0v) is 11.6. The van der Waals surface area contributed by atoms with Crippen LogP contribution in [0.4, 0.5) is 5.95 Å². The average molecular weight is 273 g/mol. The predicted octanol–water partition coefficient (Wildman–Crippen LogP) is 0.869. The highest BCUT2D eigenvalue weighted by Crippen LogP contribution is 2.20. The summed E-state index contributed by atoms with van der Waals surface area (Å²) in [5.41, 5.74) is 7.13. The van der Waals surface area contributed by atoms with E-state index in [1.165, 1.54) is 0 Å². The van der Waals surface area contributed by atoms with Crippen LogP contribution in [0.15, 0.2) is 34.9 Å². The molecule has 1 aromatic carbocycles. The summed E-state index contributed by atoms with van der Waals surface area (Å²) in [4.78, 5) is 8.85. The molecule has 1 aliphatic rings. The van der Waals surface area contributed by atoms with Gasteiger partial charge in [0.25, 0.3) is 5.95 Å². The Labute approximate surface area is 118 Å². The number of likely N-dealkylation sites (N-methyl/N-ethyl adjacent to an activating group) is 1. The van der Waals surface area contributed by atoms with Crippen LogP contribution in [0, 0.1) is 0 Å². The summed E-state index contributed by atoms with van der Waals surface area (Å²) in [7, 11) is 2.12. The molecule has 0 unspecified atom stereocenters. The second-order valence-corrected chi connectivity index (χ2v) is 5.11. The molecule has 1 atom stereocenters. The Morgan fingerprint density at radius 3 is 2.55 bits per heavy atom. The number of nitrogens with two attached hydrogens (primary N) is 1. The summed E-state index contributed by atoms with van der Waals surface area (Å²) in [6, 6.07) is 9.42. The largest absolute Gasteiger partial charge is 0.336 e. The fourth-order valence-corrected chi connectivity index (χ4v) is 2.29. The van der Waals surface area contributed by atoms with Crippen LogP contribution in [0.5, 0.6) is 0 Å². The quantitative estimate of drug-likeness (QED) is 0.894. The Balaban J connectivity index is 1.73. The van der Waals surface area contributed by atoms with Crippen molar-refractivity contribution in [3.05, 3.63) is 41.8 Å². The van der Waals surface area contributed by atoms with Crippen LogP contribution in [-0.2, 0) is 0 Å². The summed E-state index contributed by atoms with van der Waals surface area (Å²) >= 11 is 0. The Hall–Kier alpha value is -1.92. The molecule has 1 aromatic heterocycles. The monoisotopic (exact) mass is 273 g/mol. The van der Waals surface area contributed by atoms with E-state index in [9.17, 15) is 0 Å². The third kappa shape index (κ3) is 2.66. The molecule has 0 spiro atoms. The molecule has 20 heavy (non-hydrogen) atoms. The van der Waals surface area contributed by atoms with Gasteiger partial charge in [-0.25, -0.2) is 0 Å².